The van der Waals surface area contributed by atoms with Gasteiger partial charge in [0.05, 0.1) is 17.8 Å². The van der Waals surface area contributed by atoms with E-state index < -0.39 is 0 Å². The number of hydrogen-bond acceptors (Lipinski definition) is 3. The van der Waals surface area contributed by atoms with Gasteiger partial charge in [0.25, 0.3) is 0 Å². The minimum atomic E-state index is 0.576. The zero-order valence-electron chi connectivity index (χ0n) is 11.0. The van der Waals surface area contributed by atoms with Crippen LogP contribution in [0.4, 0.5) is 0 Å². The van der Waals surface area contributed by atoms with E-state index in [1.807, 2.05) is 37.6 Å². The maximum atomic E-state index is 6.17. The molecular formula is C14H18ClN3O. The first-order valence-electron chi connectivity index (χ1n) is 6.28. The van der Waals surface area contributed by atoms with E-state index >= 15 is 0 Å². The molecule has 0 saturated heterocycles. The molecule has 0 aliphatic carbocycles. The van der Waals surface area contributed by atoms with E-state index in [9.17, 15) is 0 Å². The Balaban J connectivity index is 1.98. The highest BCUT2D eigenvalue weighted by Crippen LogP contribution is 2.29. The first-order chi connectivity index (χ1) is 9.20. The number of rotatable bonds is 6. The van der Waals surface area contributed by atoms with Crippen molar-refractivity contribution in [1.29, 1.82) is 0 Å². The number of aryl methyl sites for hydroxylation is 1. The summed E-state index contributed by atoms with van der Waals surface area (Å²) >= 11 is 6.17. The summed E-state index contributed by atoms with van der Waals surface area (Å²) in [5, 5.41) is 4.76. The van der Waals surface area contributed by atoms with Crippen LogP contribution < -0.4 is 10.5 Å². The number of aromatic nitrogens is 2. The summed E-state index contributed by atoms with van der Waals surface area (Å²) in [5.41, 5.74) is 7.80. The SMILES string of the molecule is Cn1cc(CCOc2c(Cl)cccc2CCN)cn1. The smallest absolute Gasteiger partial charge is 0.141 e. The Kier molecular flexibility index (Phi) is 4.82. The molecule has 2 aromatic rings. The number of nitrogens with zero attached hydrogens (tertiary/aromatic N) is 2. The molecule has 0 radical (unpaired) electrons. The minimum Gasteiger partial charge on any atom is -0.491 e. The maximum Gasteiger partial charge on any atom is 0.141 e. The largest absolute Gasteiger partial charge is 0.491 e. The van der Waals surface area contributed by atoms with E-state index in [1.165, 1.54) is 0 Å². The first kappa shape index (κ1) is 13.9. The average molecular weight is 280 g/mol. The van der Waals surface area contributed by atoms with Crippen molar-refractivity contribution in [2.45, 2.75) is 12.8 Å². The lowest BCUT2D eigenvalue weighted by Gasteiger charge is -2.12. The Morgan fingerprint density at radius 3 is 2.89 bits per heavy atom. The Morgan fingerprint density at radius 2 is 2.21 bits per heavy atom. The van der Waals surface area contributed by atoms with Crippen LogP contribution in [0.15, 0.2) is 30.6 Å². The second-order valence-corrected chi connectivity index (χ2v) is 4.79. The summed E-state index contributed by atoms with van der Waals surface area (Å²) < 4.78 is 7.59. The number of para-hydroxylation sites is 1. The number of benzene rings is 1. The molecule has 1 heterocycles. The van der Waals surface area contributed by atoms with Gasteiger partial charge in [0, 0.05) is 19.7 Å². The molecule has 2 rings (SSSR count). The van der Waals surface area contributed by atoms with Gasteiger partial charge in [-0.3, -0.25) is 4.68 Å². The van der Waals surface area contributed by atoms with Crippen molar-refractivity contribution in [1.82, 2.24) is 9.78 Å². The third kappa shape index (κ3) is 3.72. The van der Waals surface area contributed by atoms with Gasteiger partial charge in [-0.2, -0.15) is 5.10 Å². The van der Waals surface area contributed by atoms with E-state index in [2.05, 4.69) is 5.10 Å². The van der Waals surface area contributed by atoms with Crippen LogP contribution in [0.3, 0.4) is 0 Å². The van der Waals surface area contributed by atoms with Crippen LogP contribution >= 0.6 is 11.6 Å². The monoisotopic (exact) mass is 279 g/mol. The van der Waals surface area contributed by atoms with E-state index in [1.54, 1.807) is 4.68 Å². The maximum absolute atomic E-state index is 6.17. The van der Waals surface area contributed by atoms with Crippen molar-refractivity contribution in [3.8, 4) is 5.75 Å². The topological polar surface area (TPSA) is 53.1 Å². The average Bonchev–Trinajstić information content (AvgIpc) is 2.79. The molecule has 19 heavy (non-hydrogen) atoms. The van der Waals surface area contributed by atoms with Crippen molar-refractivity contribution >= 4 is 11.6 Å². The third-order valence-corrected chi connectivity index (χ3v) is 3.16. The van der Waals surface area contributed by atoms with Crippen LogP contribution in [-0.4, -0.2) is 22.9 Å². The summed E-state index contributed by atoms with van der Waals surface area (Å²) in [4.78, 5) is 0. The molecule has 2 N–H and O–H groups in total. The van der Waals surface area contributed by atoms with Crippen molar-refractivity contribution in [2.24, 2.45) is 12.8 Å². The van der Waals surface area contributed by atoms with E-state index in [4.69, 9.17) is 22.1 Å². The summed E-state index contributed by atoms with van der Waals surface area (Å²) in [6.45, 7) is 1.16. The Labute approximate surface area is 118 Å². The number of hydrogen-bond donors (Lipinski definition) is 1. The second-order valence-electron chi connectivity index (χ2n) is 4.39. The summed E-state index contributed by atoms with van der Waals surface area (Å²) in [6.07, 6.45) is 5.40. The molecule has 0 unspecified atom stereocenters. The highest BCUT2D eigenvalue weighted by atomic mass is 35.5. The van der Waals surface area contributed by atoms with E-state index in [0.717, 1.165) is 29.7 Å². The lowest BCUT2D eigenvalue weighted by atomic mass is 10.1. The van der Waals surface area contributed by atoms with Gasteiger partial charge in [-0.15, -0.1) is 0 Å². The third-order valence-electron chi connectivity index (χ3n) is 2.86. The summed E-state index contributed by atoms with van der Waals surface area (Å²) in [7, 11) is 1.90. The Morgan fingerprint density at radius 1 is 1.37 bits per heavy atom. The number of halogens is 1. The van der Waals surface area contributed by atoms with Gasteiger partial charge in [0.2, 0.25) is 0 Å². The van der Waals surface area contributed by atoms with Gasteiger partial charge in [0.1, 0.15) is 5.75 Å². The van der Waals surface area contributed by atoms with Crippen LogP contribution in [0.5, 0.6) is 5.75 Å². The molecule has 0 amide bonds. The van der Waals surface area contributed by atoms with E-state index in [-0.39, 0.29) is 0 Å². The lowest BCUT2D eigenvalue weighted by Crippen LogP contribution is -2.07. The molecule has 0 atom stereocenters. The lowest BCUT2D eigenvalue weighted by molar-refractivity contribution is 0.319. The molecule has 0 aliphatic rings. The fraction of sp³-hybridized carbons (Fsp3) is 0.357. The predicted octanol–water partition coefficient (Wildman–Crippen LogP) is 2.20. The zero-order valence-corrected chi connectivity index (χ0v) is 11.7. The molecule has 4 nitrogen and oxygen atoms in total. The summed E-state index contributed by atoms with van der Waals surface area (Å²) in [5.74, 6) is 0.749. The Hall–Kier alpha value is -1.52. The van der Waals surface area contributed by atoms with Gasteiger partial charge >= 0.3 is 0 Å². The normalized spacial score (nSPS) is 10.7. The number of nitrogens with two attached hydrogens (primary N) is 1. The summed E-state index contributed by atoms with van der Waals surface area (Å²) in [6, 6.07) is 5.75. The molecule has 0 bridgehead atoms. The fourth-order valence-corrected chi connectivity index (χ4v) is 2.19. The zero-order chi connectivity index (χ0) is 13.7. The van der Waals surface area contributed by atoms with Crippen molar-refractivity contribution in [3.63, 3.8) is 0 Å². The van der Waals surface area contributed by atoms with Gasteiger partial charge in [0.15, 0.2) is 0 Å². The molecular weight excluding hydrogens is 262 g/mol. The van der Waals surface area contributed by atoms with Gasteiger partial charge in [-0.1, -0.05) is 23.7 Å². The predicted molar refractivity (Wildman–Crippen MR) is 76.6 cm³/mol. The highest BCUT2D eigenvalue weighted by molar-refractivity contribution is 6.32. The van der Waals surface area contributed by atoms with Crippen molar-refractivity contribution in [3.05, 3.63) is 46.7 Å². The number of ether oxygens (including phenoxy) is 1. The van der Waals surface area contributed by atoms with E-state index in [0.29, 0.717) is 18.2 Å². The standard InChI is InChI=1S/C14H18ClN3O/c1-18-10-11(9-17-18)6-8-19-14-12(5-7-16)3-2-4-13(14)15/h2-4,9-10H,5-8,16H2,1H3. The van der Waals surface area contributed by atoms with Crippen molar-refractivity contribution < 1.29 is 4.74 Å². The first-order valence-corrected chi connectivity index (χ1v) is 6.66. The second kappa shape index (κ2) is 6.59. The molecule has 0 saturated carbocycles. The van der Waals surface area contributed by atoms with Crippen LogP contribution in [0.1, 0.15) is 11.1 Å². The molecule has 0 spiro atoms. The Bertz CT molecular complexity index is 539. The fourth-order valence-electron chi connectivity index (χ4n) is 1.94. The molecule has 102 valence electrons. The molecule has 0 fully saturated rings. The van der Waals surface area contributed by atoms with Gasteiger partial charge < -0.3 is 10.5 Å². The van der Waals surface area contributed by atoms with Crippen LogP contribution in [0.25, 0.3) is 0 Å². The van der Waals surface area contributed by atoms with Crippen LogP contribution in [0, 0.1) is 0 Å². The molecule has 1 aromatic heterocycles. The van der Waals surface area contributed by atoms with Gasteiger partial charge in [-0.25, -0.2) is 0 Å². The highest BCUT2D eigenvalue weighted by Gasteiger charge is 2.08. The molecule has 1 aromatic carbocycles. The minimum absolute atomic E-state index is 0.576. The quantitative estimate of drug-likeness (QED) is 0.882. The molecule has 0 aliphatic heterocycles. The van der Waals surface area contributed by atoms with Gasteiger partial charge in [-0.05, 0) is 30.2 Å². The van der Waals surface area contributed by atoms with Crippen LogP contribution in [-0.2, 0) is 19.9 Å². The molecule has 5 heteroatoms. The van der Waals surface area contributed by atoms with Crippen LogP contribution in [0.2, 0.25) is 5.02 Å². The van der Waals surface area contributed by atoms with Crippen molar-refractivity contribution in [2.75, 3.05) is 13.2 Å².